The van der Waals surface area contributed by atoms with E-state index in [1.165, 1.54) is 64.2 Å². The van der Waals surface area contributed by atoms with Gasteiger partial charge in [0.15, 0.2) is 17.3 Å². The fourth-order valence-electron chi connectivity index (χ4n) is 4.80. The van der Waals surface area contributed by atoms with Crippen LogP contribution >= 0.6 is 0 Å². The van der Waals surface area contributed by atoms with E-state index in [-0.39, 0.29) is 17.5 Å². The van der Waals surface area contributed by atoms with Crippen molar-refractivity contribution in [3.63, 3.8) is 0 Å². The van der Waals surface area contributed by atoms with Crippen LogP contribution in [0.3, 0.4) is 0 Å². The van der Waals surface area contributed by atoms with Gasteiger partial charge in [-0.1, -0.05) is 90.0 Å². The van der Waals surface area contributed by atoms with Gasteiger partial charge in [-0.15, -0.1) is 0 Å². The molecule has 6 heteroatoms. The summed E-state index contributed by atoms with van der Waals surface area (Å²) in [4.78, 5) is 25.3. The van der Waals surface area contributed by atoms with Gasteiger partial charge in [0.2, 0.25) is 5.78 Å². The number of ketones is 1. The molecule has 0 amide bonds. The van der Waals surface area contributed by atoms with Crippen LogP contribution in [0, 0.1) is 0 Å². The Balaban J connectivity index is 1.36. The number of unbranched alkanes of at least 4 members (excludes halogenated alkanes) is 12. The molecule has 212 valence electrons. The fraction of sp³-hybridized carbons (Fsp3) is 0.515. The maximum atomic E-state index is 12.9. The molecule has 39 heavy (non-hydrogen) atoms. The Morgan fingerprint density at radius 2 is 1.38 bits per heavy atom. The molecule has 2 aromatic carbocycles. The third kappa shape index (κ3) is 9.76. The van der Waals surface area contributed by atoms with Crippen molar-refractivity contribution in [3.05, 3.63) is 53.3 Å². The summed E-state index contributed by atoms with van der Waals surface area (Å²) in [6.45, 7) is 2.26. The van der Waals surface area contributed by atoms with Crippen LogP contribution in [0.2, 0.25) is 0 Å². The van der Waals surface area contributed by atoms with Gasteiger partial charge in [-0.3, -0.25) is 9.59 Å². The molecular formula is C33H44O6. The summed E-state index contributed by atoms with van der Waals surface area (Å²) < 4.78 is 21.9. The van der Waals surface area contributed by atoms with Gasteiger partial charge in [0.1, 0.15) is 11.5 Å². The zero-order valence-electron chi connectivity index (χ0n) is 23.9. The van der Waals surface area contributed by atoms with Crippen molar-refractivity contribution >= 4 is 17.8 Å². The highest BCUT2D eigenvalue weighted by atomic mass is 16.5. The first-order valence-corrected chi connectivity index (χ1v) is 14.6. The maximum absolute atomic E-state index is 12.9. The van der Waals surface area contributed by atoms with Crippen LogP contribution < -0.4 is 18.9 Å². The van der Waals surface area contributed by atoms with E-state index in [0.29, 0.717) is 35.0 Å². The van der Waals surface area contributed by atoms with Gasteiger partial charge in [0, 0.05) is 6.42 Å². The van der Waals surface area contributed by atoms with Crippen molar-refractivity contribution in [2.24, 2.45) is 0 Å². The first-order valence-electron chi connectivity index (χ1n) is 14.6. The molecule has 1 aliphatic rings. The first-order chi connectivity index (χ1) is 19.0. The Morgan fingerprint density at radius 1 is 0.769 bits per heavy atom. The quantitative estimate of drug-likeness (QED) is 0.0821. The molecule has 0 spiro atoms. The zero-order chi connectivity index (χ0) is 27.9. The predicted octanol–water partition coefficient (Wildman–Crippen LogP) is 8.71. The van der Waals surface area contributed by atoms with Gasteiger partial charge < -0.3 is 18.9 Å². The SMILES string of the molecule is CCCCCCCCCCCCCCCC(=O)Oc1ccc2c(c1)C(=O)/C(=C/c1ccc(OC)c(OC)c1)O2. The van der Waals surface area contributed by atoms with Gasteiger partial charge >= 0.3 is 5.97 Å². The number of ether oxygens (including phenoxy) is 4. The highest BCUT2D eigenvalue weighted by Gasteiger charge is 2.28. The van der Waals surface area contributed by atoms with Crippen molar-refractivity contribution in [1.29, 1.82) is 0 Å². The standard InChI is InChI=1S/C33H44O6/c1-4-5-6-7-8-9-10-11-12-13-14-15-16-17-32(34)38-26-19-21-28-27(24-26)33(35)31(39-28)23-25-18-20-29(36-2)30(22-25)37-3/h18-24H,4-17H2,1-3H3/b31-23-. The number of carbonyl (C=O) groups excluding carboxylic acids is 2. The number of methoxy groups -OCH3 is 2. The summed E-state index contributed by atoms with van der Waals surface area (Å²) >= 11 is 0. The van der Waals surface area contributed by atoms with E-state index in [4.69, 9.17) is 18.9 Å². The average molecular weight is 537 g/mol. The largest absolute Gasteiger partial charge is 0.493 e. The summed E-state index contributed by atoms with van der Waals surface area (Å²) in [6.07, 6.45) is 18.4. The molecule has 6 nitrogen and oxygen atoms in total. The van der Waals surface area contributed by atoms with Crippen molar-refractivity contribution < 1.29 is 28.5 Å². The fourth-order valence-corrected chi connectivity index (χ4v) is 4.80. The Hall–Kier alpha value is -3.28. The van der Waals surface area contributed by atoms with E-state index < -0.39 is 0 Å². The number of hydrogen-bond donors (Lipinski definition) is 0. The second-order valence-corrected chi connectivity index (χ2v) is 10.2. The lowest BCUT2D eigenvalue weighted by Gasteiger charge is -2.08. The van der Waals surface area contributed by atoms with Crippen LogP contribution in [-0.2, 0) is 4.79 Å². The number of benzene rings is 2. The molecule has 0 N–H and O–H groups in total. The normalized spacial score (nSPS) is 13.3. The number of esters is 1. The third-order valence-electron chi connectivity index (χ3n) is 7.06. The van der Waals surface area contributed by atoms with Crippen molar-refractivity contribution in [3.8, 4) is 23.0 Å². The van der Waals surface area contributed by atoms with Crippen molar-refractivity contribution in [2.45, 2.75) is 96.8 Å². The van der Waals surface area contributed by atoms with E-state index in [1.807, 2.05) is 6.07 Å². The summed E-state index contributed by atoms with van der Waals surface area (Å²) in [5.74, 6) is 1.65. The zero-order valence-corrected chi connectivity index (χ0v) is 23.9. The molecule has 1 aliphatic heterocycles. The maximum Gasteiger partial charge on any atom is 0.311 e. The number of rotatable bonds is 18. The molecule has 2 aromatic rings. The third-order valence-corrected chi connectivity index (χ3v) is 7.06. The Morgan fingerprint density at radius 3 is 2.00 bits per heavy atom. The Labute approximate surface area is 233 Å². The minimum Gasteiger partial charge on any atom is -0.493 e. The first kappa shape index (κ1) is 30.3. The molecular weight excluding hydrogens is 492 g/mol. The minimum atomic E-state index is -0.273. The summed E-state index contributed by atoms with van der Waals surface area (Å²) in [5.41, 5.74) is 1.13. The van der Waals surface area contributed by atoms with Gasteiger partial charge in [-0.05, 0) is 48.4 Å². The topological polar surface area (TPSA) is 71.1 Å². The molecule has 0 saturated heterocycles. The molecule has 0 aliphatic carbocycles. The summed E-state index contributed by atoms with van der Waals surface area (Å²) in [5, 5.41) is 0. The highest BCUT2D eigenvalue weighted by Crippen LogP contribution is 2.35. The second kappa shape index (κ2) is 16.6. The Bertz CT molecular complexity index is 1100. The van der Waals surface area contributed by atoms with Crippen molar-refractivity contribution in [2.75, 3.05) is 14.2 Å². The summed E-state index contributed by atoms with van der Waals surface area (Å²) in [6, 6.07) is 10.3. The second-order valence-electron chi connectivity index (χ2n) is 10.2. The van der Waals surface area contributed by atoms with Crippen LogP contribution in [-0.4, -0.2) is 26.0 Å². The van der Waals surface area contributed by atoms with E-state index in [9.17, 15) is 9.59 Å². The number of fused-ring (bicyclic) bond motifs is 1. The lowest BCUT2D eigenvalue weighted by molar-refractivity contribution is -0.134. The predicted molar refractivity (Wildman–Crippen MR) is 155 cm³/mol. The van der Waals surface area contributed by atoms with E-state index in [1.54, 1.807) is 50.6 Å². The van der Waals surface area contributed by atoms with Crippen molar-refractivity contribution in [1.82, 2.24) is 0 Å². The number of carbonyl (C=O) groups is 2. The monoisotopic (exact) mass is 536 g/mol. The molecule has 0 aromatic heterocycles. The molecule has 1 heterocycles. The lowest BCUT2D eigenvalue weighted by atomic mass is 10.0. The number of hydrogen-bond acceptors (Lipinski definition) is 6. The molecule has 0 unspecified atom stereocenters. The van der Waals surface area contributed by atoms with Gasteiger partial charge in [0.25, 0.3) is 0 Å². The minimum absolute atomic E-state index is 0.202. The van der Waals surface area contributed by atoms with E-state index in [0.717, 1.165) is 24.8 Å². The van der Waals surface area contributed by atoms with E-state index >= 15 is 0 Å². The Kier molecular flexibility index (Phi) is 12.9. The molecule has 0 saturated carbocycles. The van der Waals surface area contributed by atoms with Gasteiger partial charge in [0.05, 0.1) is 19.8 Å². The average Bonchev–Trinajstić information content (AvgIpc) is 3.25. The van der Waals surface area contributed by atoms with Gasteiger partial charge in [-0.2, -0.15) is 0 Å². The van der Waals surface area contributed by atoms with Crippen LogP contribution in [0.25, 0.3) is 6.08 Å². The molecule has 0 bridgehead atoms. The highest BCUT2D eigenvalue weighted by molar-refractivity contribution is 6.14. The molecule has 0 fully saturated rings. The van der Waals surface area contributed by atoms with Crippen LogP contribution in [0.15, 0.2) is 42.2 Å². The van der Waals surface area contributed by atoms with Crippen LogP contribution in [0.4, 0.5) is 0 Å². The van der Waals surface area contributed by atoms with E-state index in [2.05, 4.69) is 6.92 Å². The summed E-state index contributed by atoms with van der Waals surface area (Å²) in [7, 11) is 3.13. The lowest BCUT2D eigenvalue weighted by Crippen LogP contribution is -2.08. The van der Waals surface area contributed by atoms with Gasteiger partial charge in [-0.25, -0.2) is 0 Å². The number of allylic oxidation sites excluding steroid dienone is 1. The molecule has 0 radical (unpaired) electrons. The molecule has 0 atom stereocenters. The molecule has 3 rings (SSSR count). The van der Waals surface area contributed by atoms with Crippen LogP contribution in [0.1, 0.15) is 113 Å². The smallest absolute Gasteiger partial charge is 0.311 e. The number of Topliss-reactive ketones (excluding diaryl/α,β-unsaturated/α-hetero) is 1. The van der Waals surface area contributed by atoms with Crippen LogP contribution in [0.5, 0.6) is 23.0 Å².